The Morgan fingerprint density at radius 3 is 2.80 bits per heavy atom. The molecule has 0 heterocycles. The van der Waals surface area contributed by atoms with E-state index >= 15 is 0 Å². The largest absolute Gasteiger partial charge is 0.0770 e. The Kier molecular flexibility index (Phi) is 2.77. The third-order valence-electron chi connectivity index (χ3n) is 4.73. The van der Waals surface area contributed by atoms with E-state index in [1.807, 2.05) is 0 Å². The summed E-state index contributed by atoms with van der Waals surface area (Å²) in [5.74, 6) is 0. The fourth-order valence-electron chi connectivity index (χ4n) is 3.73. The Balaban J connectivity index is 2.20. The van der Waals surface area contributed by atoms with Gasteiger partial charge in [-0.25, -0.2) is 0 Å². The molecule has 20 heavy (non-hydrogen) atoms. The van der Waals surface area contributed by atoms with Crippen LogP contribution >= 0.6 is 0 Å². The predicted molar refractivity (Wildman–Crippen MR) is 84.4 cm³/mol. The van der Waals surface area contributed by atoms with Crippen LogP contribution in [0.3, 0.4) is 0 Å². The normalized spacial score (nSPS) is 15.4. The lowest BCUT2D eigenvalue weighted by Crippen LogP contribution is -2.21. The highest BCUT2D eigenvalue weighted by Crippen LogP contribution is 2.17. The molecule has 2 aromatic rings. The second kappa shape index (κ2) is 4.63. The van der Waals surface area contributed by atoms with Gasteiger partial charge in [-0.15, -0.1) is 0 Å². The van der Waals surface area contributed by atoms with Crippen molar-refractivity contribution in [1.29, 1.82) is 0 Å². The zero-order chi connectivity index (χ0) is 13.5. The fourth-order valence-corrected chi connectivity index (χ4v) is 3.73. The van der Waals surface area contributed by atoms with Gasteiger partial charge in [0.25, 0.3) is 0 Å². The zero-order valence-corrected chi connectivity index (χ0v) is 11.8. The van der Waals surface area contributed by atoms with Crippen LogP contribution in [0.1, 0.15) is 29.5 Å². The molecule has 0 heteroatoms. The molecule has 1 radical (unpaired) electrons. The average Bonchev–Trinajstić information content (AvgIpc) is 2.53. The van der Waals surface area contributed by atoms with Crippen molar-refractivity contribution in [2.45, 2.75) is 32.1 Å². The van der Waals surface area contributed by atoms with E-state index in [9.17, 15) is 0 Å². The van der Waals surface area contributed by atoms with Crippen LogP contribution in [0, 0.1) is 17.4 Å². The van der Waals surface area contributed by atoms with E-state index in [4.69, 9.17) is 0 Å². The molecule has 0 spiro atoms. The lowest BCUT2D eigenvalue weighted by atomic mass is 9.88. The molecule has 4 rings (SSSR count). The minimum absolute atomic E-state index is 0.869. The van der Waals surface area contributed by atoms with Crippen molar-refractivity contribution in [3.05, 3.63) is 74.8 Å². The van der Waals surface area contributed by atoms with Crippen LogP contribution in [0.4, 0.5) is 0 Å². The topological polar surface area (TPSA) is 0 Å². The van der Waals surface area contributed by atoms with Crippen LogP contribution in [0.25, 0.3) is 12.2 Å². The second-order valence-corrected chi connectivity index (χ2v) is 5.79. The first-order valence-corrected chi connectivity index (χ1v) is 7.61. The Bertz CT molecular complexity index is 885. The van der Waals surface area contributed by atoms with Gasteiger partial charge in [-0.1, -0.05) is 42.5 Å². The maximum atomic E-state index is 4.07. The monoisotopic (exact) mass is 259 g/mol. The minimum atomic E-state index is 0.869. The van der Waals surface area contributed by atoms with Crippen molar-refractivity contribution in [2.24, 2.45) is 0 Å². The molecule has 0 N–H and O–H groups in total. The average molecular weight is 259 g/mol. The van der Waals surface area contributed by atoms with E-state index in [2.05, 4.69) is 49.4 Å². The Morgan fingerprint density at radius 1 is 0.950 bits per heavy atom. The number of fused-ring (bicyclic) bond motifs is 4. The summed E-state index contributed by atoms with van der Waals surface area (Å²) >= 11 is 0. The molecule has 2 aliphatic rings. The van der Waals surface area contributed by atoms with Crippen LogP contribution < -0.4 is 10.4 Å². The summed E-state index contributed by atoms with van der Waals surface area (Å²) in [6, 6.07) is 11.3. The summed E-state index contributed by atoms with van der Waals surface area (Å²) in [5.41, 5.74) is 4.53. The van der Waals surface area contributed by atoms with Crippen molar-refractivity contribution in [1.82, 2.24) is 0 Å². The van der Waals surface area contributed by atoms with Crippen LogP contribution in [-0.2, 0) is 19.3 Å². The standard InChI is InChI=1S/C20H19/c1-2-14-7-5-9-18-17(14)12-13-19-16-8-4-3-6-15(16)10-11-20(18)19/h5-7,9-12H,1-4,8,13H2. The lowest BCUT2D eigenvalue weighted by molar-refractivity contribution is 0.824. The number of rotatable bonds is 1. The Morgan fingerprint density at radius 2 is 1.90 bits per heavy atom. The highest BCUT2D eigenvalue weighted by Gasteiger charge is 2.11. The molecule has 0 bridgehead atoms. The van der Waals surface area contributed by atoms with Crippen LogP contribution in [0.5, 0.6) is 0 Å². The third-order valence-corrected chi connectivity index (χ3v) is 4.73. The van der Waals surface area contributed by atoms with Crippen LogP contribution in [0.15, 0.2) is 30.3 Å². The summed E-state index contributed by atoms with van der Waals surface area (Å²) < 4.78 is 0. The molecule has 0 saturated carbocycles. The van der Waals surface area contributed by atoms with Gasteiger partial charge in [0.05, 0.1) is 0 Å². The molecule has 0 aliphatic heterocycles. The molecule has 2 aromatic carbocycles. The Hall–Kier alpha value is -1.82. The summed E-state index contributed by atoms with van der Waals surface area (Å²) in [6.45, 7) is 4.07. The molecule has 0 nitrogen and oxygen atoms in total. The Labute approximate surface area is 119 Å². The zero-order valence-electron chi connectivity index (χ0n) is 11.8. The van der Waals surface area contributed by atoms with E-state index in [1.54, 1.807) is 11.1 Å². The fraction of sp³-hybridized carbons (Fsp3) is 0.250. The van der Waals surface area contributed by atoms with Crippen molar-refractivity contribution in [2.75, 3.05) is 0 Å². The molecule has 0 amide bonds. The predicted octanol–water partition coefficient (Wildman–Crippen LogP) is 2.80. The van der Waals surface area contributed by atoms with Gasteiger partial charge in [-0.3, -0.25) is 0 Å². The minimum Gasteiger partial charge on any atom is -0.0770 e. The molecular weight excluding hydrogens is 240 g/mol. The van der Waals surface area contributed by atoms with Crippen molar-refractivity contribution in [3.8, 4) is 0 Å². The van der Waals surface area contributed by atoms with E-state index in [-0.39, 0.29) is 0 Å². The highest BCUT2D eigenvalue weighted by molar-refractivity contribution is 5.48. The summed E-state index contributed by atoms with van der Waals surface area (Å²) in [6.07, 6.45) is 10.5. The number of hydrogen-bond acceptors (Lipinski definition) is 0. The highest BCUT2D eigenvalue weighted by atomic mass is 14.2. The maximum absolute atomic E-state index is 4.07. The van der Waals surface area contributed by atoms with E-state index < -0.39 is 0 Å². The second-order valence-electron chi connectivity index (χ2n) is 5.79. The first-order chi connectivity index (χ1) is 9.88. The lowest BCUT2D eigenvalue weighted by Gasteiger charge is -2.17. The SMILES string of the molecule is [CH2]Cc1cccc2c1=CCc1c3c(ccc1=2)=CCCC3. The van der Waals surface area contributed by atoms with Gasteiger partial charge in [0, 0.05) is 0 Å². The number of benzene rings is 2. The summed E-state index contributed by atoms with van der Waals surface area (Å²) in [4.78, 5) is 0. The summed E-state index contributed by atoms with van der Waals surface area (Å²) in [7, 11) is 0. The number of hydrogen-bond donors (Lipinski definition) is 0. The van der Waals surface area contributed by atoms with Crippen molar-refractivity contribution in [3.63, 3.8) is 0 Å². The molecule has 0 saturated heterocycles. The van der Waals surface area contributed by atoms with Gasteiger partial charge in [-0.2, -0.15) is 0 Å². The van der Waals surface area contributed by atoms with Crippen LogP contribution in [0.2, 0.25) is 0 Å². The molecule has 2 aliphatic carbocycles. The van der Waals surface area contributed by atoms with Crippen LogP contribution in [-0.4, -0.2) is 0 Å². The molecular formula is C20H19. The molecule has 99 valence electrons. The van der Waals surface area contributed by atoms with E-state index in [0.717, 1.165) is 12.8 Å². The smallest absolute Gasteiger partial charge is 0.00790 e. The molecule has 0 aromatic heterocycles. The molecule has 0 unspecified atom stereocenters. The van der Waals surface area contributed by atoms with Gasteiger partial charge >= 0.3 is 0 Å². The van der Waals surface area contributed by atoms with Crippen molar-refractivity contribution >= 4 is 12.2 Å². The first-order valence-electron chi connectivity index (χ1n) is 7.61. The quantitative estimate of drug-likeness (QED) is 0.739. The van der Waals surface area contributed by atoms with E-state index in [1.165, 1.54) is 45.7 Å². The van der Waals surface area contributed by atoms with Crippen molar-refractivity contribution < 1.29 is 0 Å². The van der Waals surface area contributed by atoms with Gasteiger partial charge in [0.1, 0.15) is 0 Å². The molecule has 0 atom stereocenters. The first kappa shape index (κ1) is 12.0. The molecule has 0 fully saturated rings. The van der Waals surface area contributed by atoms with Gasteiger partial charge < -0.3 is 0 Å². The maximum Gasteiger partial charge on any atom is -0.00790 e. The van der Waals surface area contributed by atoms with Gasteiger partial charge in [0.2, 0.25) is 0 Å². The summed E-state index contributed by atoms with van der Waals surface area (Å²) in [5, 5.41) is 5.74. The van der Waals surface area contributed by atoms with E-state index in [0.29, 0.717) is 0 Å². The van der Waals surface area contributed by atoms with Gasteiger partial charge in [0.15, 0.2) is 0 Å². The van der Waals surface area contributed by atoms with Gasteiger partial charge in [-0.05, 0) is 76.6 Å². The third kappa shape index (κ3) is 1.67.